The number of hydrogen-bond acceptors (Lipinski definition) is 4. The van der Waals surface area contributed by atoms with Gasteiger partial charge in [-0.25, -0.2) is 4.39 Å². The molecule has 1 aromatic carbocycles. The quantitative estimate of drug-likeness (QED) is 0.904. The summed E-state index contributed by atoms with van der Waals surface area (Å²) in [5, 5.41) is 0.988. The lowest BCUT2D eigenvalue weighted by Crippen LogP contribution is -2.43. The van der Waals surface area contributed by atoms with Crippen molar-refractivity contribution in [3.05, 3.63) is 29.6 Å². The molecule has 2 N–H and O–H groups in total. The van der Waals surface area contributed by atoms with Gasteiger partial charge in [-0.1, -0.05) is 19.1 Å². The van der Waals surface area contributed by atoms with Crippen LogP contribution in [0.1, 0.15) is 18.9 Å². The van der Waals surface area contributed by atoms with Gasteiger partial charge in [0.15, 0.2) is 11.6 Å². The standard InChI is InChI=1S/C15H22FNOS2/c1-3-13-15(20-8-7-19-13)11(17)9-10-5-4-6-12(18-2)14(10)16/h4-6,11,13,15H,3,7-9,17H2,1-2H3. The summed E-state index contributed by atoms with van der Waals surface area (Å²) in [6.45, 7) is 2.20. The minimum atomic E-state index is -0.271. The molecule has 20 heavy (non-hydrogen) atoms. The molecule has 0 bridgehead atoms. The highest BCUT2D eigenvalue weighted by Gasteiger charge is 2.30. The molecule has 3 unspecified atom stereocenters. The largest absolute Gasteiger partial charge is 0.494 e. The molecule has 2 rings (SSSR count). The second-order valence-electron chi connectivity index (χ2n) is 4.95. The summed E-state index contributed by atoms with van der Waals surface area (Å²) in [4.78, 5) is 0. The van der Waals surface area contributed by atoms with Crippen LogP contribution >= 0.6 is 23.5 Å². The van der Waals surface area contributed by atoms with Gasteiger partial charge in [0.1, 0.15) is 0 Å². The van der Waals surface area contributed by atoms with E-state index in [0.717, 1.165) is 12.2 Å². The molecule has 3 atom stereocenters. The Morgan fingerprint density at radius 1 is 1.40 bits per heavy atom. The molecule has 1 aromatic rings. The van der Waals surface area contributed by atoms with Crippen LogP contribution in [0.3, 0.4) is 0 Å². The Morgan fingerprint density at radius 2 is 2.15 bits per heavy atom. The Labute approximate surface area is 129 Å². The molecule has 1 aliphatic heterocycles. The van der Waals surface area contributed by atoms with E-state index >= 15 is 0 Å². The van der Waals surface area contributed by atoms with Gasteiger partial charge in [0.25, 0.3) is 0 Å². The lowest BCUT2D eigenvalue weighted by atomic mass is 10.0. The molecule has 0 aliphatic carbocycles. The average Bonchev–Trinajstić information content (AvgIpc) is 2.49. The Bertz CT molecular complexity index is 444. The van der Waals surface area contributed by atoms with Crippen LogP contribution in [-0.2, 0) is 6.42 Å². The molecular formula is C15H22FNOS2. The smallest absolute Gasteiger partial charge is 0.168 e. The maximum atomic E-state index is 14.2. The van der Waals surface area contributed by atoms with Gasteiger partial charge in [0.2, 0.25) is 0 Å². The Hall–Kier alpha value is -0.390. The van der Waals surface area contributed by atoms with Crippen molar-refractivity contribution in [2.24, 2.45) is 5.73 Å². The van der Waals surface area contributed by atoms with Gasteiger partial charge < -0.3 is 10.5 Å². The van der Waals surface area contributed by atoms with E-state index in [-0.39, 0.29) is 11.9 Å². The predicted molar refractivity (Wildman–Crippen MR) is 87.4 cm³/mol. The molecule has 1 saturated heterocycles. The lowest BCUT2D eigenvalue weighted by Gasteiger charge is -2.34. The monoisotopic (exact) mass is 315 g/mol. The van der Waals surface area contributed by atoms with Crippen molar-refractivity contribution >= 4 is 23.5 Å². The van der Waals surface area contributed by atoms with Gasteiger partial charge in [-0.2, -0.15) is 23.5 Å². The van der Waals surface area contributed by atoms with Gasteiger partial charge in [0, 0.05) is 28.0 Å². The predicted octanol–water partition coefficient (Wildman–Crippen LogP) is 3.33. The zero-order valence-corrected chi connectivity index (χ0v) is 13.6. The number of benzene rings is 1. The van der Waals surface area contributed by atoms with Crippen molar-refractivity contribution in [1.82, 2.24) is 0 Å². The molecule has 0 radical (unpaired) electrons. The first-order valence-electron chi connectivity index (χ1n) is 6.97. The molecule has 5 heteroatoms. The second kappa shape index (κ2) is 7.57. The second-order valence-corrected chi connectivity index (χ2v) is 7.59. The highest BCUT2D eigenvalue weighted by molar-refractivity contribution is 8.07. The molecule has 2 nitrogen and oxygen atoms in total. The maximum absolute atomic E-state index is 14.2. The summed E-state index contributed by atoms with van der Waals surface area (Å²) in [5.41, 5.74) is 7.02. The van der Waals surface area contributed by atoms with Crippen molar-refractivity contribution in [1.29, 1.82) is 0 Å². The van der Waals surface area contributed by atoms with Gasteiger partial charge in [-0.15, -0.1) is 0 Å². The minimum absolute atomic E-state index is 0.0145. The zero-order valence-electron chi connectivity index (χ0n) is 12.0. The highest BCUT2D eigenvalue weighted by atomic mass is 32.2. The highest BCUT2D eigenvalue weighted by Crippen LogP contribution is 2.35. The molecule has 1 aliphatic rings. The van der Waals surface area contributed by atoms with Gasteiger partial charge in [-0.3, -0.25) is 0 Å². The fraction of sp³-hybridized carbons (Fsp3) is 0.600. The topological polar surface area (TPSA) is 35.2 Å². The van der Waals surface area contributed by atoms with E-state index < -0.39 is 0 Å². The maximum Gasteiger partial charge on any atom is 0.168 e. The van der Waals surface area contributed by atoms with E-state index in [1.165, 1.54) is 12.9 Å². The van der Waals surface area contributed by atoms with Crippen LogP contribution in [0.15, 0.2) is 18.2 Å². The normalized spacial score (nSPS) is 24.4. The van der Waals surface area contributed by atoms with Crippen molar-refractivity contribution in [2.45, 2.75) is 36.3 Å². The summed E-state index contributed by atoms with van der Waals surface area (Å²) in [6.07, 6.45) is 1.69. The molecule has 0 amide bonds. The summed E-state index contributed by atoms with van der Waals surface area (Å²) < 4.78 is 19.2. The number of rotatable bonds is 5. The fourth-order valence-corrected chi connectivity index (χ4v) is 5.77. The van der Waals surface area contributed by atoms with E-state index in [1.54, 1.807) is 12.1 Å². The van der Waals surface area contributed by atoms with E-state index in [9.17, 15) is 4.39 Å². The third-order valence-electron chi connectivity index (χ3n) is 3.64. The first-order valence-corrected chi connectivity index (χ1v) is 9.07. The van der Waals surface area contributed by atoms with Crippen molar-refractivity contribution in [2.75, 3.05) is 18.6 Å². The van der Waals surface area contributed by atoms with Crippen LogP contribution < -0.4 is 10.5 Å². The van der Waals surface area contributed by atoms with Gasteiger partial charge >= 0.3 is 0 Å². The summed E-state index contributed by atoms with van der Waals surface area (Å²) in [5.74, 6) is 2.36. The van der Waals surface area contributed by atoms with Crippen LogP contribution in [-0.4, -0.2) is 35.2 Å². The number of thioether (sulfide) groups is 2. The van der Waals surface area contributed by atoms with E-state index in [1.807, 2.05) is 29.6 Å². The van der Waals surface area contributed by atoms with E-state index in [4.69, 9.17) is 10.5 Å². The number of methoxy groups -OCH3 is 1. The van der Waals surface area contributed by atoms with Crippen molar-refractivity contribution in [3.8, 4) is 5.75 Å². The number of hydrogen-bond donors (Lipinski definition) is 1. The molecule has 1 fully saturated rings. The molecule has 0 aromatic heterocycles. The Balaban J connectivity index is 2.08. The SMILES string of the molecule is CCC1SCCSC1C(N)Cc1cccc(OC)c1F. The number of halogens is 1. The first kappa shape index (κ1) is 16.0. The zero-order chi connectivity index (χ0) is 14.5. The summed E-state index contributed by atoms with van der Waals surface area (Å²) in [6, 6.07) is 5.26. The molecule has 112 valence electrons. The summed E-state index contributed by atoms with van der Waals surface area (Å²) in [7, 11) is 1.49. The van der Waals surface area contributed by atoms with Crippen LogP contribution in [0, 0.1) is 5.82 Å². The molecular weight excluding hydrogens is 293 g/mol. The Morgan fingerprint density at radius 3 is 2.85 bits per heavy atom. The third kappa shape index (κ3) is 3.62. The Kier molecular flexibility index (Phi) is 6.05. The summed E-state index contributed by atoms with van der Waals surface area (Å²) >= 11 is 3.94. The average molecular weight is 315 g/mol. The first-order chi connectivity index (χ1) is 9.67. The van der Waals surface area contributed by atoms with Gasteiger partial charge in [0.05, 0.1) is 7.11 Å². The lowest BCUT2D eigenvalue weighted by molar-refractivity contribution is 0.383. The van der Waals surface area contributed by atoms with E-state index in [2.05, 4.69) is 6.92 Å². The number of ether oxygens (including phenoxy) is 1. The molecule has 0 spiro atoms. The van der Waals surface area contributed by atoms with Gasteiger partial charge in [-0.05, 0) is 24.5 Å². The van der Waals surface area contributed by atoms with Crippen LogP contribution in [0.4, 0.5) is 4.39 Å². The molecule has 0 saturated carbocycles. The van der Waals surface area contributed by atoms with Crippen LogP contribution in [0.5, 0.6) is 5.75 Å². The number of nitrogens with two attached hydrogens (primary N) is 1. The molecule has 1 heterocycles. The van der Waals surface area contributed by atoms with Crippen LogP contribution in [0.25, 0.3) is 0 Å². The van der Waals surface area contributed by atoms with Crippen LogP contribution in [0.2, 0.25) is 0 Å². The van der Waals surface area contributed by atoms with E-state index in [0.29, 0.717) is 28.2 Å². The fourth-order valence-electron chi connectivity index (χ4n) is 2.58. The third-order valence-corrected chi connectivity index (χ3v) is 7.06. The van der Waals surface area contributed by atoms with Crippen molar-refractivity contribution in [3.63, 3.8) is 0 Å². The minimum Gasteiger partial charge on any atom is -0.494 e. The van der Waals surface area contributed by atoms with Crippen molar-refractivity contribution < 1.29 is 9.13 Å².